The van der Waals surface area contributed by atoms with Gasteiger partial charge in [0, 0.05) is 15.6 Å². The Morgan fingerprint density at radius 2 is 1.95 bits per heavy atom. The van der Waals surface area contributed by atoms with Crippen LogP contribution in [0, 0.1) is 0 Å². The molecule has 5 nitrogen and oxygen atoms in total. The molecule has 0 radical (unpaired) electrons. The fourth-order valence-electron chi connectivity index (χ4n) is 1.92. The van der Waals surface area contributed by atoms with Crippen molar-refractivity contribution in [3.63, 3.8) is 0 Å². The van der Waals surface area contributed by atoms with Crippen molar-refractivity contribution < 1.29 is 9.32 Å². The number of hydrogen-bond donors (Lipinski definition) is 1. The third kappa shape index (κ3) is 3.40. The molecule has 3 aromatic rings. The Hall–Kier alpha value is -2.47. The van der Waals surface area contributed by atoms with Crippen molar-refractivity contribution in [2.75, 3.05) is 0 Å². The summed E-state index contributed by atoms with van der Waals surface area (Å²) in [6.07, 6.45) is 0. The van der Waals surface area contributed by atoms with Crippen LogP contribution in [0.5, 0.6) is 0 Å². The number of aromatic nitrogens is 2. The standard InChI is InChI=1S/C16H12BrN3O2/c17-13-8-4-7-12(9-13)16(21)18-10-14-19-15(20-22-14)11-5-2-1-3-6-11/h1-9H,10H2,(H,18,21). The van der Waals surface area contributed by atoms with E-state index in [0.717, 1.165) is 10.0 Å². The summed E-state index contributed by atoms with van der Waals surface area (Å²) in [5.74, 6) is 0.676. The maximum absolute atomic E-state index is 12.0. The molecule has 110 valence electrons. The molecule has 6 heteroatoms. The first kappa shape index (κ1) is 14.5. The number of halogens is 1. The minimum atomic E-state index is -0.194. The summed E-state index contributed by atoms with van der Waals surface area (Å²) in [6, 6.07) is 16.7. The fraction of sp³-hybridized carbons (Fsp3) is 0.0625. The van der Waals surface area contributed by atoms with Gasteiger partial charge in [-0.3, -0.25) is 4.79 Å². The third-order valence-electron chi connectivity index (χ3n) is 2.99. The van der Waals surface area contributed by atoms with E-state index < -0.39 is 0 Å². The van der Waals surface area contributed by atoms with E-state index in [1.165, 1.54) is 0 Å². The Balaban J connectivity index is 1.65. The Bertz CT molecular complexity index is 787. The van der Waals surface area contributed by atoms with Crippen molar-refractivity contribution in [2.24, 2.45) is 0 Å². The smallest absolute Gasteiger partial charge is 0.251 e. The summed E-state index contributed by atoms with van der Waals surface area (Å²) in [5, 5.41) is 6.66. The van der Waals surface area contributed by atoms with E-state index in [1.807, 2.05) is 36.4 Å². The molecule has 0 spiro atoms. The topological polar surface area (TPSA) is 68.0 Å². The molecule has 0 bridgehead atoms. The van der Waals surface area contributed by atoms with Crippen LogP contribution in [0.25, 0.3) is 11.4 Å². The highest BCUT2D eigenvalue weighted by atomic mass is 79.9. The van der Waals surface area contributed by atoms with Crippen LogP contribution < -0.4 is 5.32 Å². The second-order valence-corrected chi connectivity index (χ2v) is 5.49. The lowest BCUT2D eigenvalue weighted by Gasteiger charge is -2.02. The molecule has 0 saturated heterocycles. The lowest BCUT2D eigenvalue weighted by atomic mass is 10.2. The zero-order chi connectivity index (χ0) is 15.4. The van der Waals surface area contributed by atoms with Crippen molar-refractivity contribution >= 4 is 21.8 Å². The molecule has 0 fully saturated rings. The molecule has 1 aromatic heterocycles. The van der Waals surface area contributed by atoms with E-state index in [2.05, 4.69) is 31.4 Å². The molecular weight excluding hydrogens is 346 g/mol. The van der Waals surface area contributed by atoms with Crippen LogP contribution in [0.1, 0.15) is 16.2 Å². The van der Waals surface area contributed by atoms with Crippen molar-refractivity contribution in [2.45, 2.75) is 6.54 Å². The lowest BCUT2D eigenvalue weighted by Crippen LogP contribution is -2.22. The molecule has 0 saturated carbocycles. The van der Waals surface area contributed by atoms with E-state index in [1.54, 1.807) is 18.2 Å². The van der Waals surface area contributed by atoms with Gasteiger partial charge in [-0.25, -0.2) is 0 Å². The van der Waals surface area contributed by atoms with Crippen LogP contribution in [-0.2, 0) is 6.54 Å². The van der Waals surface area contributed by atoms with Crippen LogP contribution in [0.2, 0.25) is 0 Å². The normalized spacial score (nSPS) is 10.4. The highest BCUT2D eigenvalue weighted by Gasteiger charge is 2.10. The number of carbonyl (C=O) groups is 1. The Kier molecular flexibility index (Phi) is 4.29. The van der Waals surface area contributed by atoms with Crippen LogP contribution in [0.15, 0.2) is 63.6 Å². The maximum atomic E-state index is 12.0. The van der Waals surface area contributed by atoms with Gasteiger partial charge in [-0.15, -0.1) is 0 Å². The molecule has 0 atom stereocenters. The van der Waals surface area contributed by atoms with Crippen LogP contribution >= 0.6 is 15.9 Å². The lowest BCUT2D eigenvalue weighted by molar-refractivity contribution is 0.0946. The Morgan fingerprint density at radius 1 is 1.14 bits per heavy atom. The molecule has 22 heavy (non-hydrogen) atoms. The first-order chi connectivity index (χ1) is 10.7. The summed E-state index contributed by atoms with van der Waals surface area (Å²) >= 11 is 3.33. The van der Waals surface area contributed by atoms with Crippen LogP contribution in [0.3, 0.4) is 0 Å². The molecule has 0 aliphatic rings. The summed E-state index contributed by atoms with van der Waals surface area (Å²) in [5.41, 5.74) is 1.44. The Morgan fingerprint density at radius 3 is 2.73 bits per heavy atom. The number of benzene rings is 2. The van der Waals surface area contributed by atoms with Crippen molar-refractivity contribution in [1.29, 1.82) is 0 Å². The van der Waals surface area contributed by atoms with Gasteiger partial charge in [-0.1, -0.05) is 57.5 Å². The van der Waals surface area contributed by atoms with Gasteiger partial charge in [0.2, 0.25) is 11.7 Å². The number of nitrogens with one attached hydrogen (secondary N) is 1. The van der Waals surface area contributed by atoms with Crippen molar-refractivity contribution in [3.05, 3.63) is 70.5 Å². The van der Waals surface area contributed by atoms with Gasteiger partial charge < -0.3 is 9.84 Å². The molecule has 2 aromatic carbocycles. The molecule has 0 unspecified atom stereocenters. The molecule has 1 heterocycles. The van der Waals surface area contributed by atoms with Crippen LogP contribution in [0.4, 0.5) is 0 Å². The highest BCUT2D eigenvalue weighted by Crippen LogP contribution is 2.15. The highest BCUT2D eigenvalue weighted by molar-refractivity contribution is 9.10. The number of rotatable bonds is 4. The largest absolute Gasteiger partial charge is 0.343 e. The van der Waals surface area contributed by atoms with E-state index in [4.69, 9.17) is 4.52 Å². The molecule has 1 amide bonds. The second-order valence-electron chi connectivity index (χ2n) is 4.57. The zero-order valence-corrected chi connectivity index (χ0v) is 13.1. The zero-order valence-electron chi connectivity index (χ0n) is 11.5. The summed E-state index contributed by atoms with van der Waals surface area (Å²) < 4.78 is 6.00. The van der Waals surface area contributed by atoms with Gasteiger partial charge in [0.1, 0.15) is 0 Å². The van der Waals surface area contributed by atoms with Gasteiger partial charge in [0.05, 0.1) is 6.54 Å². The number of carbonyl (C=O) groups excluding carboxylic acids is 1. The maximum Gasteiger partial charge on any atom is 0.251 e. The van der Waals surface area contributed by atoms with Crippen LogP contribution in [-0.4, -0.2) is 16.0 Å². The van der Waals surface area contributed by atoms with Gasteiger partial charge >= 0.3 is 0 Å². The average molecular weight is 358 g/mol. The molecule has 3 rings (SSSR count). The second kappa shape index (κ2) is 6.53. The number of nitrogens with zero attached hydrogens (tertiary/aromatic N) is 2. The van der Waals surface area contributed by atoms with Gasteiger partial charge in [0.25, 0.3) is 5.91 Å². The fourth-order valence-corrected chi connectivity index (χ4v) is 2.32. The quantitative estimate of drug-likeness (QED) is 0.776. The van der Waals surface area contributed by atoms with Gasteiger partial charge in [0.15, 0.2) is 0 Å². The van der Waals surface area contributed by atoms with Gasteiger partial charge in [-0.2, -0.15) is 4.98 Å². The van der Waals surface area contributed by atoms with E-state index in [-0.39, 0.29) is 12.5 Å². The summed E-state index contributed by atoms with van der Waals surface area (Å²) in [4.78, 5) is 16.3. The first-order valence-electron chi connectivity index (χ1n) is 6.64. The third-order valence-corrected chi connectivity index (χ3v) is 3.48. The molecule has 1 N–H and O–H groups in total. The molecule has 0 aliphatic carbocycles. The summed E-state index contributed by atoms with van der Waals surface area (Å²) in [6.45, 7) is 0.186. The average Bonchev–Trinajstić information content (AvgIpc) is 3.02. The Labute approximate surface area is 135 Å². The van der Waals surface area contributed by atoms with Crippen molar-refractivity contribution in [1.82, 2.24) is 15.5 Å². The van der Waals surface area contributed by atoms with E-state index in [9.17, 15) is 4.79 Å². The van der Waals surface area contributed by atoms with E-state index in [0.29, 0.717) is 17.3 Å². The predicted octanol–water partition coefficient (Wildman–Crippen LogP) is 3.43. The number of amides is 1. The van der Waals surface area contributed by atoms with E-state index >= 15 is 0 Å². The SMILES string of the molecule is O=C(NCc1nc(-c2ccccc2)no1)c1cccc(Br)c1. The number of hydrogen-bond acceptors (Lipinski definition) is 4. The minimum absolute atomic E-state index is 0.186. The first-order valence-corrected chi connectivity index (χ1v) is 7.43. The van der Waals surface area contributed by atoms with Crippen molar-refractivity contribution in [3.8, 4) is 11.4 Å². The molecule has 0 aliphatic heterocycles. The van der Waals surface area contributed by atoms with Gasteiger partial charge in [-0.05, 0) is 18.2 Å². The predicted molar refractivity (Wildman–Crippen MR) is 85.0 cm³/mol. The monoisotopic (exact) mass is 357 g/mol. The minimum Gasteiger partial charge on any atom is -0.343 e. The summed E-state index contributed by atoms with van der Waals surface area (Å²) in [7, 11) is 0. The molecular formula is C16H12BrN3O2.